The topological polar surface area (TPSA) is 149 Å². The van der Waals surface area contributed by atoms with Crippen molar-refractivity contribution < 1.29 is 39.8 Å². The summed E-state index contributed by atoms with van der Waals surface area (Å²) in [5.41, 5.74) is 0. The van der Waals surface area contributed by atoms with Gasteiger partial charge in [-0.2, -0.15) is 0 Å². The molecule has 0 spiro atoms. The molecule has 0 radical (unpaired) electrons. The van der Waals surface area contributed by atoms with Gasteiger partial charge in [-0.15, -0.1) is 0 Å². The van der Waals surface area contributed by atoms with Gasteiger partial charge in [-0.25, -0.2) is 0 Å². The SMILES string of the molecule is CCCCCCCCCCCCCCCCC/C=C/CC/C=C/CC/C=C/C(O)C(COC1OC(CO)C(O)C(O)C1O)NC(=O)CCCCCCCCCCCCCCCCCCCCCCC. The van der Waals surface area contributed by atoms with Crippen LogP contribution in [0.4, 0.5) is 0 Å². The third kappa shape index (κ3) is 39.6. The number of amides is 1. The summed E-state index contributed by atoms with van der Waals surface area (Å²) in [6, 6.07) is -0.826. The van der Waals surface area contributed by atoms with Crippen LogP contribution in [-0.2, 0) is 14.3 Å². The van der Waals surface area contributed by atoms with Crippen LogP contribution < -0.4 is 5.32 Å². The van der Waals surface area contributed by atoms with E-state index in [0.717, 1.165) is 44.9 Å². The van der Waals surface area contributed by atoms with Crippen LogP contribution in [0.2, 0.25) is 0 Å². The Hall–Kier alpha value is -1.59. The highest BCUT2D eigenvalue weighted by molar-refractivity contribution is 5.76. The molecule has 1 saturated heterocycles. The van der Waals surface area contributed by atoms with Crippen molar-refractivity contribution in [3.05, 3.63) is 36.5 Å². The second-order valence-corrected chi connectivity index (χ2v) is 20.8. The summed E-state index contributed by atoms with van der Waals surface area (Å²) in [4.78, 5) is 13.1. The third-order valence-corrected chi connectivity index (χ3v) is 14.2. The number of ether oxygens (including phenoxy) is 2. The lowest BCUT2D eigenvalue weighted by Gasteiger charge is -2.40. The molecule has 9 nitrogen and oxygen atoms in total. The minimum Gasteiger partial charge on any atom is -0.394 e. The van der Waals surface area contributed by atoms with Gasteiger partial charge in [-0.05, 0) is 44.9 Å². The molecule has 7 atom stereocenters. The van der Waals surface area contributed by atoms with E-state index in [9.17, 15) is 30.3 Å². The van der Waals surface area contributed by atoms with Gasteiger partial charge in [0, 0.05) is 6.42 Å². The smallest absolute Gasteiger partial charge is 0.220 e. The lowest BCUT2D eigenvalue weighted by atomic mass is 9.99. The molecule has 406 valence electrons. The standard InChI is InChI=1S/C60H113NO8/c1-3-5-7-9-11-13-15-17-19-21-23-25-26-27-28-30-31-33-35-37-39-41-43-45-47-49-54(63)53(52-68-60-59(67)58(66)57(65)55(51-62)69-60)61-56(64)50-48-46-44-42-40-38-36-34-32-29-24-22-20-18-16-14-12-10-8-6-4-2/h31,33,39,41,47,49,53-55,57-60,62-63,65-67H,3-30,32,34-38,40,42-46,48,50-52H2,1-2H3,(H,61,64)/b33-31+,41-39+,49-47+. The Bertz CT molecular complexity index is 1180. The molecular weight excluding hydrogens is 863 g/mol. The van der Waals surface area contributed by atoms with E-state index in [1.807, 2.05) is 6.08 Å². The van der Waals surface area contributed by atoms with Crippen molar-refractivity contribution in [2.24, 2.45) is 0 Å². The van der Waals surface area contributed by atoms with Gasteiger partial charge in [0.1, 0.15) is 24.4 Å². The zero-order valence-corrected chi connectivity index (χ0v) is 45.1. The second-order valence-electron chi connectivity index (χ2n) is 20.8. The van der Waals surface area contributed by atoms with E-state index in [2.05, 4.69) is 43.5 Å². The van der Waals surface area contributed by atoms with Gasteiger partial charge >= 0.3 is 0 Å². The summed E-state index contributed by atoms with van der Waals surface area (Å²) in [5, 5.41) is 54.5. The molecule has 1 aliphatic heterocycles. The molecule has 1 fully saturated rings. The van der Waals surface area contributed by atoms with Crippen LogP contribution in [0.1, 0.15) is 284 Å². The largest absolute Gasteiger partial charge is 0.394 e. The number of carbonyl (C=O) groups is 1. The van der Waals surface area contributed by atoms with E-state index < -0.39 is 49.5 Å². The minimum atomic E-state index is -1.57. The highest BCUT2D eigenvalue weighted by Gasteiger charge is 2.44. The highest BCUT2D eigenvalue weighted by atomic mass is 16.7. The zero-order chi connectivity index (χ0) is 50.1. The number of carbonyl (C=O) groups excluding carboxylic acids is 1. The fourth-order valence-corrected chi connectivity index (χ4v) is 9.49. The Labute approximate surface area is 425 Å². The van der Waals surface area contributed by atoms with Gasteiger partial charge < -0.3 is 40.3 Å². The number of nitrogens with one attached hydrogen (secondary N) is 1. The maximum absolute atomic E-state index is 13.1. The maximum atomic E-state index is 13.1. The number of hydrogen-bond donors (Lipinski definition) is 6. The first-order valence-electron chi connectivity index (χ1n) is 29.7. The normalized spacial score (nSPS) is 19.7. The third-order valence-electron chi connectivity index (χ3n) is 14.2. The Morgan fingerprint density at radius 2 is 0.826 bits per heavy atom. The molecule has 0 bridgehead atoms. The van der Waals surface area contributed by atoms with Gasteiger partial charge in [0.2, 0.25) is 5.91 Å². The molecule has 0 aromatic carbocycles. The molecule has 69 heavy (non-hydrogen) atoms. The van der Waals surface area contributed by atoms with Crippen molar-refractivity contribution in [1.82, 2.24) is 5.32 Å². The summed E-state index contributed by atoms with van der Waals surface area (Å²) < 4.78 is 11.3. The van der Waals surface area contributed by atoms with Crippen LogP contribution in [0.3, 0.4) is 0 Å². The van der Waals surface area contributed by atoms with Gasteiger partial charge in [-0.3, -0.25) is 4.79 Å². The average molecular weight is 977 g/mol. The van der Waals surface area contributed by atoms with Crippen LogP contribution in [0.25, 0.3) is 0 Å². The van der Waals surface area contributed by atoms with Crippen molar-refractivity contribution >= 4 is 5.91 Å². The van der Waals surface area contributed by atoms with Crippen molar-refractivity contribution in [3.63, 3.8) is 0 Å². The number of hydrogen-bond acceptors (Lipinski definition) is 8. The monoisotopic (exact) mass is 976 g/mol. The van der Waals surface area contributed by atoms with Crippen LogP contribution in [0, 0.1) is 0 Å². The van der Waals surface area contributed by atoms with Crippen molar-refractivity contribution in [3.8, 4) is 0 Å². The molecule has 6 N–H and O–H groups in total. The predicted octanol–water partition coefficient (Wildman–Crippen LogP) is 14.7. The van der Waals surface area contributed by atoms with E-state index in [0.29, 0.717) is 6.42 Å². The van der Waals surface area contributed by atoms with Crippen LogP contribution >= 0.6 is 0 Å². The second kappa shape index (κ2) is 50.0. The Kier molecular flexibility index (Phi) is 47.4. The molecule has 0 aromatic heterocycles. The first-order valence-corrected chi connectivity index (χ1v) is 29.7. The summed E-state index contributed by atoms with van der Waals surface area (Å²) in [5.74, 6) is -0.186. The molecular formula is C60H113NO8. The molecule has 7 unspecified atom stereocenters. The lowest BCUT2D eigenvalue weighted by molar-refractivity contribution is -0.302. The molecule has 0 aliphatic carbocycles. The summed E-state index contributed by atoms with van der Waals surface area (Å²) in [6.07, 6.45) is 57.9. The number of rotatable bonds is 51. The molecule has 9 heteroatoms. The van der Waals surface area contributed by atoms with E-state index in [1.165, 1.54) is 218 Å². The van der Waals surface area contributed by atoms with E-state index >= 15 is 0 Å². The number of allylic oxidation sites excluding steroid dienone is 5. The summed E-state index contributed by atoms with van der Waals surface area (Å²) in [7, 11) is 0. The number of aliphatic hydroxyl groups excluding tert-OH is 5. The molecule has 1 aliphatic rings. The number of unbranched alkanes of at least 4 members (excludes halogenated alkanes) is 37. The Morgan fingerprint density at radius 1 is 0.478 bits per heavy atom. The molecule has 1 rings (SSSR count). The first kappa shape index (κ1) is 65.4. The molecule has 0 saturated carbocycles. The van der Waals surface area contributed by atoms with Gasteiger partial charge in [0.05, 0.1) is 25.4 Å². The van der Waals surface area contributed by atoms with Crippen molar-refractivity contribution in [2.45, 2.75) is 326 Å². The van der Waals surface area contributed by atoms with Crippen LogP contribution in [-0.4, -0.2) is 87.5 Å². The summed E-state index contributed by atoms with van der Waals surface area (Å²) >= 11 is 0. The van der Waals surface area contributed by atoms with Crippen molar-refractivity contribution in [1.29, 1.82) is 0 Å². The van der Waals surface area contributed by atoms with E-state index in [-0.39, 0.29) is 12.5 Å². The minimum absolute atomic E-state index is 0.186. The fourth-order valence-electron chi connectivity index (χ4n) is 9.49. The fraction of sp³-hybridized carbons (Fsp3) is 0.883. The van der Waals surface area contributed by atoms with Gasteiger partial charge in [0.25, 0.3) is 0 Å². The van der Waals surface area contributed by atoms with E-state index in [4.69, 9.17) is 9.47 Å². The Morgan fingerprint density at radius 3 is 1.22 bits per heavy atom. The zero-order valence-electron chi connectivity index (χ0n) is 45.1. The van der Waals surface area contributed by atoms with Gasteiger partial charge in [-0.1, -0.05) is 269 Å². The average Bonchev–Trinajstić information content (AvgIpc) is 3.35. The lowest BCUT2D eigenvalue weighted by Crippen LogP contribution is -2.60. The molecule has 1 amide bonds. The molecule has 1 heterocycles. The van der Waals surface area contributed by atoms with Crippen LogP contribution in [0.15, 0.2) is 36.5 Å². The Balaban J connectivity index is 2.25. The highest BCUT2D eigenvalue weighted by Crippen LogP contribution is 2.23. The maximum Gasteiger partial charge on any atom is 0.220 e. The summed E-state index contributed by atoms with van der Waals surface area (Å²) in [6.45, 7) is 3.79. The molecule has 0 aromatic rings. The predicted molar refractivity (Wildman–Crippen MR) is 290 cm³/mol. The first-order chi connectivity index (χ1) is 33.8. The number of aliphatic hydroxyl groups is 5. The quantitative estimate of drug-likeness (QED) is 0.0261. The van der Waals surface area contributed by atoms with Crippen molar-refractivity contribution in [2.75, 3.05) is 13.2 Å². The van der Waals surface area contributed by atoms with E-state index in [1.54, 1.807) is 6.08 Å². The van der Waals surface area contributed by atoms with Crippen LogP contribution in [0.5, 0.6) is 0 Å². The van der Waals surface area contributed by atoms with Gasteiger partial charge in [0.15, 0.2) is 6.29 Å².